The molecule has 0 radical (unpaired) electrons. The molecular weight excluding hydrogens is 507 g/mol. The van der Waals surface area contributed by atoms with E-state index in [1.807, 2.05) is 24.3 Å². The Labute approximate surface area is 231 Å². The van der Waals surface area contributed by atoms with Gasteiger partial charge in [-0.1, -0.05) is 55.2 Å². The molecule has 0 N–H and O–H groups in total. The van der Waals surface area contributed by atoms with Crippen molar-refractivity contribution in [3.63, 3.8) is 0 Å². The molecule has 0 aromatic heterocycles. The summed E-state index contributed by atoms with van der Waals surface area (Å²) in [7, 11) is 2.19. The summed E-state index contributed by atoms with van der Waals surface area (Å²) in [5, 5.41) is 0.969. The summed E-state index contributed by atoms with van der Waals surface area (Å²) in [6, 6.07) is 13.6. The van der Waals surface area contributed by atoms with Gasteiger partial charge in [0.15, 0.2) is 0 Å². The summed E-state index contributed by atoms with van der Waals surface area (Å²) in [5.74, 6) is 1.26. The maximum atomic E-state index is 13.8. The van der Waals surface area contributed by atoms with Crippen LogP contribution in [0.1, 0.15) is 57.6 Å². The van der Waals surface area contributed by atoms with Crippen molar-refractivity contribution in [2.45, 2.75) is 64.3 Å². The van der Waals surface area contributed by atoms with Crippen molar-refractivity contribution in [2.24, 2.45) is 11.8 Å². The van der Waals surface area contributed by atoms with Crippen molar-refractivity contribution in [1.82, 2.24) is 9.80 Å². The van der Waals surface area contributed by atoms with Crippen molar-refractivity contribution >= 4 is 35.1 Å². The molecule has 0 bridgehead atoms. The Balaban J connectivity index is 1.64. The fraction of sp³-hybridized carbons (Fsp3) is 0.533. The fourth-order valence-electron chi connectivity index (χ4n) is 6.36. The number of rotatable bonds is 7. The van der Waals surface area contributed by atoms with E-state index in [4.69, 9.17) is 27.9 Å². The zero-order chi connectivity index (χ0) is 26.7. The van der Waals surface area contributed by atoms with Crippen LogP contribution in [0.25, 0.3) is 0 Å². The molecule has 2 aliphatic rings. The van der Waals surface area contributed by atoms with Gasteiger partial charge in [0, 0.05) is 31.5 Å². The summed E-state index contributed by atoms with van der Waals surface area (Å²) < 4.78 is 5.46. The molecule has 200 valence electrons. The topological polar surface area (TPSA) is 49.9 Å². The average molecular weight is 546 g/mol. The summed E-state index contributed by atoms with van der Waals surface area (Å²) in [6.45, 7) is 8.52. The van der Waals surface area contributed by atoms with Gasteiger partial charge in [0.2, 0.25) is 5.91 Å². The largest absolute Gasteiger partial charge is 0.427 e. The Morgan fingerprint density at radius 3 is 2.62 bits per heavy atom. The monoisotopic (exact) mass is 544 g/mol. The zero-order valence-electron chi connectivity index (χ0n) is 22.3. The van der Waals surface area contributed by atoms with E-state index in [0.29, 0.717) is 34.1 Å². The number of likely N-dealkylation sites (tertiary alicyclic amines) is 1. The number of carbonyl (C=O) groups excluding carboxylic acids is 2. The van der Waals surface area contributed by atoms with Crippen LogP contribution >= 0.6 is 23.2 Å². The predicted octanol–water partition coefficient (Wildman–Crippen LogP) is 6.39. The summed E-state index contributed by atoms with van der Waals surface area (Å²) >= 11 is 12.3. The highest BCUT2D eigenvalue weighted by atomic mass is 35.5. The van der Waals surface area contributed by atoms with Crippen LogP contribution in [0, 0.1) is 11.8 Å². The maximum absolute atomic E-state index is 13.8. The number of carbonyl (C=O) groups is 2. The van der Waals surface area contributed by atoms with Gasteiger partial charge in [0.1, 0.15) is 5.75 Å². The molecule has 3 atom stereocenters. The molecule has 7 heteroatoms. The van der Waals surface area contributed by atoms with Crippen LogP contribution < -0.4 is 4.74 Å². The minimum atomic E-state index is -0.313. The van der Waals surface area contributed by atoms with Crippen LogP contribution in [-0.2, 0) is 21.4 Å². The molecule has 0 spiro atoms. The molecule has 1 saturated carbocycles. The Morgan fingerprint density at radius 1 is 1.14 bits per heavy atom. The van der Waals surface area contributed by atoms with Crippen molar-refractivity contribution in [3.8, 4) is 5.75 Å². The third kappa shape index (κ3) is 6.50. The predicted molar refractivity (Wildman–Crippen MR) is 149 cm³/mol. The van der Waals surface area contributed by atoms with Gasteiger partial charge in [-0.05, 0) is 86.5 Å². The van der Waals surface area contributed by atoms with Crippen LogP contribution in [0.2, 0.25) is 10.0 Å². The second-order valence-electron chi connectivity index (χ2n) is 11.3. The third-order valence-corrected chi connectivity index (χ3v) is 8.77. The minimum Gasteiger partial charge on any atom is -0.427 e. The fourth-order valence-corrected chi connectivity index (χ4v) is 6.68. The van der Waals surface area contributed by atoms with E-state index >= 15 is 0 Å². The van der Waals surface area contributed by atoms with E-state index in [9.17, 15) is 9.59 Å². The van der Waals surface area contributed by atoms with Crippen molar-refractivity contribution in [2.75, 3.05) is 26.7 Å². The normalized spacial score (nSPS) is 24.0. The average Bonchev–Trinajstić information content (AvgIpc) is 2.84. The Morgan fingerprint density at radius 2 is 1.92 bits per heavy atom. The molecule has 1 aliphatic carbocycles. The number of esters is 1. The number of piperidine rings is 1. The van der Waals surface area contributed by atoms with Gasteiger partial charge in [-0.3, -0.25) is 9.59 Å². The molecule has 2 aromatic carbocycles. The highest BCUT2D eigenvalue weighted by Crippen LogP contribution is 2.50. The maximum Gasteiger partial charge on any atom is 0.308 e. The smallest absolute Gasteiger partial charge is 0.308 e. The zero-order valence-corrected chi connectivity index (χ0v) is 23.8. The standard InChI is InChI=1S/C30H38Cl2N2O3/c1-20(2)18-34(29(36)15-22-8-11-27(31)28(32)14-22)25-10-9-24-19-33(4)13-12-30(24,17-25)23-6-5-7-26(16-23)37-21(3)35/h5-8,11,14,16,20,24-25H,9-10,12-13,15,17-19H2,1-4H3/t24-,25+,30+/m1/s1. The van der Waals surface area contributed by atoms with Gasteiger partial charge in [0.05, 0.1) is 16.5 Å². The second-order valence-corrected chi connectivity index (χ2v) is 12.1. The lowest BCUT2D eigenvalue weighted by molar-refractivity contribution is -0.135. The third-order valence-electron chi connectivity index (χ3n) is 8.03. The van der Waals surface area contributed by atoms with Crippen LogP contribution in [0.15, 0.2) is 42.5 Å². The van der Waals surface area contributed by atoms with Gasteiger partial charge in [-0.2, -0.15) is 0 Å². The lowest BCUT2D eigenvalue weighted by Gasteiger charge is -2.54. The number of ether oxygens (including phenoxy) is 1. The highest BCUT2D eigenvalue weighted by Gasteiger charge is 2.49. The number of halogens is 2. The van der Waals surface area contributed by atoms with Crippen molar-refractivity contribution < 1.29 is 14.3 Å². The molecule has 1 saturated heterocycles. The summed E-state index contributed by atoms with van der Waals surface area (Å²) in [6.07, 6.45) is 4.28. The molecule has 5 nitrogen and oxygen atoms in total. The van der Waals surface area contributed by atoms with Crippen LogP contribution in [0.4, 0.5) is 0 Å². The molecule has 2 fully saturated rings. The van der Waals surface area contributed by atoms with E-state index in [0.717, 1.165) is 50.9 Å². The molecule has 1 amide bonds. The Hall–Kier alpha value is -2.08. The van der Waals surface area contributed by atoms with Gasteiger partial charge >= 0.3 is 5.97 Å². The first-order valence-electron chi connectivity index (χ1n) is 13.3. The molecule has 0 unspecified atom stereocenters. The van der Waals surface area contributed by atoms with E-state index in [1.54, 1.807) is 12.1 Å². The molecular formula is C30H38Cl2N2O3. The number of benzene rings is 2. The number of hydrogen-bond acceptors (Lipinski definition) is 4. The van der Waals surface area contributed by atoms with Crippen molar-refractivity contribution in [3.05, 3.63) is 63.6 Å². The van der Waals surface area contributed by atoms with E-state index in [-0.39, 0.29) is 23.3 Å². The molecule has 4 rings (SSSR count). The van der Waals surface area contributed by atoms with Crippen LogP contribution in [0.5, 0.6) is 5.75 Å². The Kier molecular flexibility index (Phi) is 8.88. The minimum absolute atomic E-state index is 0.0648. The summed E-state index contributed by atoms with van der Waals surface area (Å²) in [4.78, 5) is 29.9. The number of nitrogens with zero attached hydrogens (tertiary/aromatic N) is 2. The first-order chi connectivity index (χ1) is 17.6. The van der Waals surface area contributed by atoms with Crippen LogP contribution in [0.3, 0.4) is 0 Å². The Bertz CT molecular complexity index is 1140. The number of amides is 1. The van der Waals surface area contributed by atoms with Crippen molar-refractivity contribution in [1.29, 1.82) is 0 Å². The lowest BCUT2D eigenvalue weighted by Crippen LogP contribution is -2.56. The lowest BCUT2D eigenvalue weighted by atomic mass is 9.57. The first kappa shape index (κ1) is 27.9. The molecule has 2 aromatic rings. The SMILES string of the molecule is CC(=O)Oc1cccc([C@@]23CCN(C)C[C@H]2CC[C@H](N(CC(C)C)C(=O)Cc2ccc(Cl)c(Cl)c2)C3)c1. The van der Waals surface area contributed by atoms with E-state index < -0.39 is 0 Å². The summed E-state index contributed by atoms with van der Waals surface area (Å²) in [5.41, 5.74) is 2.03. The highest BCUT2D eigenvalue weighted by molar-refractivity contribution is 6.42. The van der Waals surface area contributed by atoms with Gasteiger partial charge < -0.3 is 14.5 Å². The molecule has 1 aliphatic heterocycles. The van der Waals surface area contributed by atoms with E-state index in [1.165, 1.54) is 12.5 Å². The number of fused-ring (bicyclic) bond motifs is 1. The second kappa shape index (κ2) is 11.8. The van der Waals surface area contributed by atoms with Gasteiger partial charge in [-0.25, -0.2) is 0 Å². The number of hydrogen-bond donors (Lipinski definition) is 0. The molecule has 1 heterocycles. The molecule has 37 heavy (non-hydrogen) atoms. The van der Waals surface area contributed by atoms with Crippen LogP contribution in [-0.4, -0.2) is 54.4 Å². The quantitative estimate of drug-likeness (QED) is 0.299. The first-order valence-corrected chi connectivity index (χ1v) is 14.0. The van der Waals surface area contributed by atoms with Gasteiger partial charge in [0.25, 0.3) is 0 Å². The van der Waals surface area contributed by atoms with Gasteiger partial charge in [-0.15, -0.1) is 0 Å². The van der Waals surface area contributed by atoms with E-state index in [2.05, 4.69) is 36.8 Å².